The second kappa shape index (κ2) is 7.08. The van der Waals surface area contributed by atoms with E-state index in [2.05, 4.69) is 32.9 Å². The van der Waals surface area contributed by atoms with Crippen LogP contribution in [0.15, 0.2) is 52.5 Å². The molecule has 3 rings (SSSR count). The van der Waals surface area contributed by atoms with Crippen molar-refractivity contribution in [2.75, 3.05) is 6.54 Å². The van der Waals surface area contributed by atoms with Crippen LogP contribution in [0.25, 0.3) is 0 Å². The monoisotopic (exact) mass is 359 g/mol. The zero-order valence-corrected chi connectivity index (χ0v) is 16.5. The van der Waals surface area contributed by atoms with E-state index in [1.54, 1.807) is 16.4 Å². The zero-order chi connectivity index (χ0) is 18.2. The minimum Gasteiger partial charge on any atom is -0.207 e. The number of hydrogen-bond donors (Lipinski definition) is 0. The first-order valence-electron chi connectivity index (χ1n) is 9.24. The Balaban J connectivity index is 2.04. The minimum absolute atomic E-state index is 0.0442. The van der Waals surface area contributed by atoms with Crippen molar-refractivity contribution in [1.82, 2.24) is 4.31 Å². The van der Waals surface area contributed by atoms with Gasteiger partial charge >= 0.3 is 0 Å². The average molecular weight is 360 g/mol. The van der Waals surface area contributed by atoms with Crippen molar-refractivity contribution in [3.05, 3.63) is 53.1 Å². The summed E-state index contributed by atoms with van der Waals surface area (Å²) in [5, 5.41) is 0. The Bertz CT molecular complexity index is 788. The molecule has 4 heteroatoms. The first kappa shape index (κ1) is 18.4. The van der Waals surface area contributed by atoms with Crippen LogP contribution in [0, 0.1) is 18.8 Å². The van der Waals surface area contributed by atoms with Crippen LogP contribution >= 0.6 is 0 Å². The van der Waals surface area contributed by atoms with Crippen molar-refractivity contribution in [3.8, 4) is 0 Å². The SMILES string of the molecule is C/C1=C2\CN(S(=O)(=O)c3ccc(C)cc3)[C@H](C(C)C)[C@@H]2CC/C=C\C1. The maximum atomic E-state index is 13.4. The Morgan fingerprint density at radius 1 is 1.08 bits per heavy atom. The van der Waals surface area contributed by atoms with E-state index in [-0.39, 0.29) is 6.04 Å². The summed E-state index contributed by atoms with van der Waals surface area (Å²) in [7, 11) is -3.48. The van der Waals surface area contributed by atoms with Gasteiger partial charge in [-0.3, -0.25) is 0 Å². The molecule has 3 nitrogen and oxygen atoms in total. The van der Waals surface area contributed by atoms with Crippen LogP contribution in [0.2, 0.25) is 0 Å². The fourth-order valence-electron chi connectivity index (χ4n) is 4.27. The Morgan fingerprint density at radius 3 is 2.40 bits per heavy atom. The topological polar surface area (TPSA) is 37.4 Å². The number of allylic oxidation sites excluding steroid dienone is 3. The number of aryl methyl sites for hydroxylation is 1. The van der Waals surface area contributed by atoms with Crippen LogP contribution < -0.4 is 0 Å². The second-order valence-corrected chi connectivity index (χ2v) is 9.65. The van der Waals surface area contributed by atoms with Crippen LogP contribution in [0.5, 0.6) is 0 Å². The van der Waals surface area contributed by atoms with E-state index in [1.165, 1.54) is 11.1 Å². The lowest BCUT2D eigenvalue weighted by Crippen LogP contribution is -2.41. The van der Waals surface area contributed by atoms with E-state index in [1.807, 2.05) is 19.1 Å². The first-order chi connectivity index (χ1) is 11.8. The van der Waals surface area contributed by atoms with Gasteiger partial charge in [-0.1, -0.05) is 54.8 Å². The normalized spacial score (nSPS) is 29.3. The van der Waals surface area contributed by atoms with Gasteiger partial charge in [0.2, 0.25) is 10.0 Å². The summed E-state index contributed by atoms with van der Waals surface area (Å²) in [4.78, 5) is 0.411. The highest BCUT2D eigenvalue weighted by molar-refractivity contribution is 7.89. The Labute approximate surface area is 152 Å². The van der Waals surface area contributed by atoms with Gasteiger partial charge < -0.3 is 0 Å². The summed E-state index contributed by atoms with van der Waals surface area (Å²) in [5.74, 6) is 0.629. The molecule has 1 fully saturated rings. The summed E-state index contributed by atoms with van der Waals surface area (Å²) in [6.45, 7) is 8.98. The molecule has 0 saturated carbocycles. The Morgan fingerprint density at radius 2 is 1.76 bits per heavy atom. The smallest absolute Gasteiger partial charge is 0.207 e. The van der Waals surface area contributed by atoms with E-state index in [0.717, 1.165) is 24.8 Å². The van der Waals surface area contributed by atoms with Gasteiger partial charge in [0.05, 0.1) is 4.90 Å². The Hall–Kier alpha value is -1.39. The lowest BCUT2D eigenvalue weighted by molar-refractivity contribution is 0.261. The van der Waals surface area contributed by atoms with Crippen molar-refractivity contribution in [2.24, 2.45) is 11.8 Å². The van der Waals surface area contributed by atoms with E-state index in [9.17, 15) is 8.42 Å². The number of rotatable bonds is 3. The molecule has 1 aromatic carbocycles. The summed E-state index contributed by atoms with van der Waals surface area (Å²) in [5.41, 5.74) is 3.76. The maximum absolute atomic E-state index is 13.4. The van der Waals surface area contributed by atoms with Crippen molar-refractivity contribution < 1.29 is 8.42 Å². The largest absolute Gasteiger partial charge is 0.243 e. The van der Waals surface area contributed by atoms with Crippen LogP contribution in [-0.4, -0.2) is 25.3 Å². The summed E-state index contributed by atoms with van der Waals surface area (Å²) in [6.07, 6.45) is 7.47. The number of fused-ring (bicyclic) bond motifs is 1. The van der Waals surface area contributed by atoms with E-state index >= 15 is 0 Å². The fraction of sp³-hybridized carbons (Fsp3) is 0.524. The van der Waals surface area contributed by atoms with Gasteiger partial charge in [-0.15, -0.1) is 0 Å². The van der Waals surface area contributed by atoms with Gasteiger partial charge in [0.15, 0.2) is 0 Å². The molecule has 0 N–H and O–H groups in total. The summed E-state index contributed by atoms with van der Waals surface area (Å²) >= 11 is 0. The third kappa shape index (κ3) is 3.47. The lowest BCUT2D eigenvalue weighted by Gasteiger charge is -2.31. The third-order valence-corrected chi connectivity index (χ3v) is 7.47. The number of nitrogens with zero attached hydrogens (tertiary/aromatic N) is 1. The molecule has 2 atom stereocenters. The molecule has 1 heterocycles. The quantitative estimate of drug-likeness (QED) is 0.734. The third-order valence-electron chi connectivity index (χ3n) is 5.61. The molecule has 0 bridgehead atoms. The molecule has 1 aliphatic carbocycles. The van der Waals surface area contributed by atoms with Crippen molar-refractivity contribution in [3.63, 3.8) is 0 Å². The van der Waals surface area contributed by atoms with Gasteiger partial charge in [0.25, 0.3) is 0 Å². The van der Waals surface area contributed by atoms with Crippen molar-refractivity contribution >= 4 is 10.0 Å². The van der Waals surface area contributed by atoms with Gasteiger partial charge in [-0.2, -0.15) is 4.31 Å². The molecular weight excluding hydrogens is 330 g/mol. The molecule has 136 valence electrons. The molecule has 0 spiro atoms. The highest BCUT2D eigenvalue weighted by atomic mass is 32.2. The van der Waals surface area contributed by atoms with Gasteiger partial charge in [0.1, 0.15) is 0 Å². The van der Waals surface area contributed by atoms with E-state index in [4.69, 9.17) is 0 Å². The molecule has 1 aromatic rings. The van der Waals surface area contributed by atoms with Crippen LogP contribution in [-0.2, 0) is 10.0 Å². The summed E-state index contributed by atoms with van der Waals surface area (Å²) in [6, 6.07) is 7.29. The maximum Gasteiger partial charge on any atom is 0.243 e. The van der Waals surface area contributed by atoms with E-state index in [0.29, 0.717) is 23.3 Å². The van der Waals surface area contributed by atoms with Gasteiger partial charge in [-0.05, 0) is 57.1 Å². The molecule has 0 radical (unpaired) electrons. The molecule has 0 unspecified atom stereocenters. The highest BCUT2D eigenvalue weighted by Gasteiger charge is 2.45. The predicted octanol–water partition coefficient (Wildman–Crippen LogP) is 4.70. The molecule has 1 saturated heterocycles. The minimum atomic E-state index is -3.48. The molecule has 1 aliphatic heterocycles. The summed E-state index contributed by atoms with van der Waals surface area (Å²) < 4.78 is 28.5. The second-order valence-electron chi connectivity index (χ2n) is 7.76. The van der Waals surface area contributed by atoms with Crippen LogP contribution in [0.3, 0.4) is 0 Å². The predicted molar refractivity (Wildman–Crippen MR) is 103 cm³/mol. The number of sulfonamides is 1. The van der Waals surface area contributed by atoms with Crippen LogP contribution in [0.4, 0.5) is 0 Å². The lowest BCUT2D eigenvalue weighted by atomic mass is 9.82. The highest BCUT2D eigenvalue weighted by Crippen LogP contribution is 2.42. The zero-order valence-electron chi connectivity index (χ0n) is 15.7. The van der Waals surface area contributed by atoms with Crippen molar-refractivity contribution in [2.45, 2.75) is 57.9 Å². The average Bonchev–Trinajstić information content (AvgIpc) is 2.93. The number of benzene rings is 1. The Kier molecular flexibility index (Phi) is 5.21. The van der Waals surface area contributed by atoms with Crippen LogP contribution in [0.1, 0.15) is 45.6 Å². The van der Waals surface area contributed by atoms with Gasteiger partial charge in [0, 0.05) is 12.6 Å². The van der Waals surface area contributed by atoms with E-state index < -0.39 is 10.0 Å². The van der Waals surface area contributed by atoms with Gasteiger partial charge in [-0.25, -0.2) is 8.42 Å². The molecular formula is C21H29NO2S. The number of hydrogen-bond acceptors (Lipinski definition) is 2. The molecule has 2 aliphatic rings. The van der Waals surface area contributed by atoms with Crippen molar-refractivity contribution in [1.29, 1.82) is 0 Å². The molecule has 25 heavy (non-hydrogen) atoms. The molecule has 0 aromatic heterocycles. The first-order valence-corrected chi connectivity index (χ1v) is 10.7. The standard InChI is InChI=1S/C21H29NO2S/c1-15(2)21-19-9-7-5-6-8-17(4)20(19)14-22(21)25(23,24)18-12-10-16(3)11-13-18/h5-6,10-13,15,19,21H,7-9,14H2,1-4H3/b6-5-,20-17-/t19-,21-/m1/s1. The molecule has 0 amide bonds. The fourth-order valence-corrected chi connectivity index (χ4v) is 6.04.